The Morgan fingerprint density at radius 1 is 1.00 bits per heavy atom. The molecule has 1 aromatic heterocycles. The van der Waals surface area contributed by atoms with Gasteiger partial charge in [0.1, 0.15) is 5.69 Å². The lowest BCUT2D eigenvalue weighted by Gasteiger charge is -2.06. The molecule has 1 aromatic carbocycles. The average Bonchev–Trinajstić information content (AvgIpc) is 2.41. The van der Waals surface area contributed by atoms with E-state index >= 15 is 0 Å². The molecule has 0 fully saturated rings. The first-order valence-electron chi connectivity index (χ1n) is 5.79. The van der Waals surface area contributed by atoms with Crippen molar-refractivity contribution in [2.45, 2.75) is 6.92 Å². The standard InChI is InChI=1S/C13H12N4O3/c1-8(18)14-9-2-4-10(5-3-9)15-13(20)11-6-7-12(19)17-16-11/h2-7H,1H3,(H,14,18)(H,15,20)(H,17,19). The number of hydrogen-bond acceptors (Lipinski definition) is 4. The highest BCUT2D eigenvalue weighted by molar-refractivity contribution is 6.02. The third kappa shape index (κ3) is 3.52. The Hall–Kier alpha value is -2.96. The highest BCUT2D eigenvalue weighted by atomic mass is 16.2. The SMILES string of the molecule is CC(=O)Nc1ccc(NC(=O)c2ccc(=O)[nH]n2)cc1. The van der Waals surface area contributed by atoms with E-state index in [9.17, 15) is 14.4 Å². The number of aromatic nitrogens is 2. The van der Waals surface area contributed by atoms with Crippen LogP contribution in [0.5, 0.6) is 0 Å². The summed E-state index contributed by atoms with van der Waals surface area (Å²) in [7, 11) is 0. The Morgan fingerprint density at radius 2 is 1.60 bits per heavy atom. The van der Waals surface area contributed by atoms with Crippen molar-refractivity contribution in [1.29, 1.82) is 0 Å². The van der Waals surface area contributed by atoms with Crippen LogP contribution in [0.1, 0.15) is 17.4 Å². The van der Waals surface area contributed by atoms with Crippen LogP contribution >= 0.6 is 0 Å². The lowest BCUT2D eigenvalue weighted by atomic mass is 10.2. The van der Waals surface area contributed by atoms with E-state index in [1.807, 2.05) is 0 Å². The summed E-state index contributed by atoms with van der Waals surface area (Å²) in [5.41, 5.74) is 0.923. The minimum Gasteiger partial charge on any atom is -0.326 e. The van der Waals surface area contributed by atoms with Crippen LogP contribution in [0.2, 0.25) is 0 Å². The summed E-state index contributed by atoms with van der Waals surface area (Å²) in [5, 5.41) is 11.0. The van der Waals surface area contributed by atoms with Crippen molar-refractivity contribution < 1.29 is 9.59 Å². The van der Waals surface area contributed by atoms with E-state index in [-0.39, 0.29) is 17.2 Å². The highest BCUT2D eigenvalue weighted by Gasteiger charge is 2.07. The number of anilines is 2. The number of hydrogen-bond donors (Lipinski definition) is 3. The van der Waals surface area contributed by atoms with Crippen LogP contribution in [-0.2, 0) is 4.79 Å². The van der Waals surface area contributed by atoms with Gasteiger partial charge >= 0.3 is 0 Å². The van der Waals surface area contributed by atoms with Crippen molar-refractivity contribution in [2.75, 3.05) is 10.6 Å². The van der Waals surface area contributed by atoms with Crippen LogP contribution < -0.4 is 16.2 Å². The quantitative estimate of drug-likeness (QED) is 0.774. The molecule has 2 rings (SSSR count). The molecule has 3 N–H and O–H groups in total. The maximum absolute atomic E-state index is 11.8. The molecule has 7 nitrogen and oxygen atoms in total. The van der Waals surface area contributed by atoms with Crippen LogP contribution in [0.15, 0.2) is 41.2 Å². The molecule has 0 unspecified atom stereocenters. The second kappa shape index (κ2) is 5.79. The number of rotatable bonds is 3. The number of nitrogens with zero attached hydrogens (tertiary/aromatic N) is 1. The first kappa shape index (κ1) is 13.5. The summed E-state index contributed by atoms with van der Waals surface area (Å²) < 4.78 is 0. The molecule has 0 aliphatic carbocycles. The number of H-pyrrole nitrogens is 1. The molecule has 1 heterocycles. The molecule has 0 saturated heterocycles. The van der Waals surface area contributed by atoms with Gasteiger partial charge in [0.05, 0.1) is 0 Å². The van der Waals surface area contributed by atoms with Gasteiger partial charge in [-0.25, -0.2) is 5.10 Å². The summed E-state index contributed by atoms with van der Waals surface area (Å²) >= 11 is 0. The van der Waals surface area contributed by atoms with Crippen LogP contribution in [0.4, 0.5) is 11.4 Å². The first-order valence-corrected chi connectivity index (χ1v) is 5.79. The topological polar surface area (TPSA) is 104 Å². The van der Waals surface area contributed by atoms with Crippen LogP contribution in [-0.4, -0.2) is 22.0 Å². The zero-order valence-electron chi connectivity index (χ0n) is 10.6. The number of carbonyl (C=O) groups excluding carboxylic acids is 2. The second-order valence-electron chi connectivity index (χ2n) is 4.02. The predicted octanol–water partition coefficient (Wildman–Crippen LogP) is 0.981. The summed E-state index contributed by atoms with van der Waals surface area (Å²) in [5.74, 6) is -0.604. The van der Waals surface area contributed by atoms with Gasteiger partial charge in [-0.05, 0) is 30.3 Å². The van der Waals surface area contributed by atoms with E-state index in [4.69, 9.17) is 0 Å². The molecule has 0 spiro atoms. The Labute approximate surface area is 114 Å². The van der Waals surface area contributed by atoms with Crippen molar-refractivity contribution in [2.24, 2.45) is 0 Å². The van der Waals surface area contributed by atoms with E-state index in [1.54, 1.807) is 24.3 Å². The van der Waals surface area contributed by atoms with Gasteiger partial charge in [0, 0.05) is 24.4 Å². The molecular weight excluding hydrogens is 260 g/mol. The van der Waals surface area contributed by atoms with Gasteiger partial charge in [0.2, 0.25) is 5.91 Å². The fourth-order valence-corrected chi connectivity index (χ4v) is 1.51. The van der Waals surface area contributed by atoms with Crippen LogP contribution in [0.25, 0.3) is 0 Å². The first-order chi connectivity index (χ1) is 9.54. The number of nitrogens with one attached hydrogen (secondary N) is 3. The Balaban J connectivity index is 2.06. The summed E-state index contributed by atoms with van der Waals surface area (Å²) in [4.78, 5) is 33.5. The predicted molar refractivity (Wildman–Crippen MR) is 73.6 cm³/mol. The van der Waals surface area contributed by atoms with E-state index < -0.39 is 5.91 Å². The molecule has 0 bridgehead atoms. The smallest absolute Gasteiger partial charge is 0.276 e. The van der Waals surface area contributed by atoms with E-state index in [1.165, 1.54) is 19.1 Å². The molecule has 2 amide bonds. The fraction of sp³-hybridized carbons (Fsp3) is 0.0769. The van der Waals surface area contributed by atoms with Crippen molar-refractivity contribution in [1.82, 2.24) is 10.2 Å². The Bertz CT molecular complexity index is 671. The van der Waals surface area contributed by atoms with Crippen molar-refractivity contribution in [3.8, 4) is 0 Å². The van der Waals surface area contributed by atoms with Gasteiger partial charge in [-0.1, -0.05) is 0 Å². The number of amides is 2. The molecule has 0 aliphatic heterocycles. The number of benzene rings is 1. The van der Waals surface area contributed by atoms with Crippen molar-refractivity contribution in [3.63, 3.8) is 0 Å². The Kier molecular flexibility index (Phi) is 3.90. The number of carbonyl (C=O) groups is 2. The van der Waals surface area contributed by atoms with E-state index in [0.717, 1.165) is 0 Å². The molecule has 0 saturated carbocycles. The third-order valence-corrected chi connectivity index (χ3v) is 2.37. The minimum absolute atomic E-state index is 0.107. The second-order valence-corrected chi connectivity index (χ2v) is 4.02. The Morgan fingerprint density at radius 3 is 2.10 bits per heavy atom. The highest BCUT2D eigenvalue weighted by Crippen LogP contribution is 2.14. The van der Waals surface area contributed by atoms with Gasteiger partial charge in [-0.3, -0.25) is 14.4 Å². The molecule has 2 aromatic rings. The maximum atomic E-state index is 11.8. The lowest BCUT2D eigenvalue weighted by molar-refractivity contribution is -0.114. The van der Waals surface area contributed by atoms with E-state index in [0.29, 0.717) is 11.4 Å². The van der Waals surface area contributed by atoms with Crippen molar-refractivity contribution in [3.05, 3.63) is 52.4 Å². The van der Waals surface area contributed by atoms with E-state index in [2.05, 4.69) is 20.8 Å². The molecule has 7 heteroatoms. The van der Waals surface area contributed by atoms with Crippen LogP contribution in [0, 0.1) is 0 Å². The molecule has 102 valence electrons. The zero-order valence-corrected chi connectivity index (χ0v) is 10.6. The van der Waals surface area contributed by atoms with Crippen LogP contribution in [0.3, 0.4) is 0 Å². The molecule has 0 atom stereocenters. The molecule has 0 aliphatic rings. The van der Waals surface area contributed by atoms with Gasteiger partial charge in [0.25, 0.3) is 11.5 Å². The maximum Gasteiger partial charge on any atom is 0.276 e. The average molecular weight is 272 g/mol. The zero-order chi connectivity index (χ0) is 14.5. The van der Waals surface area contributed by atoms with Gasteiger partial charge in [-0.15, -0.1) is 0 Å². The lowest BCUT2D eigenvalue weighted by Crippen LogP contribution is -2.17. The molecular formula is C13H12N4O3. The summed E-state index contributed by atoms with van der Waals surface area (Å²) in [6, 6.07) is 9.18. The normalized spacial score (nSPS) is 9.85. The van der Waals surface area contributed by atoms with Gasteiger partial charge in [0.15, 0.2) is 0 Å². The third-order valence-electron chi connectivity index (χ3n) is 2.37. The summed E-state index contributed by atoms with van der Waals surface area (Å²) in [6.07, 6.45) is 0. The van der Waals surface area contributed by atoms with Crippen molar-refractivity contribution >= 4 is 23.2 Å². The molecule has 0 radical (unpaired) electrons. The number of aromatic amines is 1. The van der Waals surface area contributed by atoms with Gasteiger partial charge < -0.3 is 10.6 Å². The van der Waals surface area contributed by atoms with Gasteiger partial charge in [-0.2, -0.15) is 5.10 Å². The summed E-state index contributed by atoms with van der Waals surface area (Å²) in [6.45, 7) is 1.41. The molecule has 20 heavy (non-hydrogen) atoms. The minimum atomic E-state index is -0.437. The largest absolute Gasteiger partial charge is 0.326 e. The monoisotopic (exact) mass is 272 g/mol. The fourth-order valence-electron chi connectivity index (χ4n) is 1.51.